The molecule has 0 fully saturated rings. The molecule has 0 aromatic heterocycles. The summed E-state index contributed by atoms with van der Waals surface area (Å²) in [6.07, 6.45) is 2.62. The Bertz CT molecular complexity index is 1400. The van der Waals surface area contributed by atoms with Gasteiger partial charge < -0.3 is 11.2 Å². The maximum Gasteiger partial charge on any atom is 0.258 e. The maximum atomic E-state index is 13.7. The van der Waals surface area contributed by atoms with E-state index in [0.29, 0.717) is 26.7 Å². The molecule has 3 aromatic carbocycles. The van der Waals surface area contributed by atoms with E-state index in [2.05, 4.69) is 10.4 Å². The van der Waals surface area contributed by atoms with Crippen molar-refractivity contribution in [2.45, 2.75) is 12.5 Å². The molecule has 0 unspecified atom stereocenters. The SMILES string of the molecule is CN(C(=O)[C@H](Cc1cccc(C=NN)c1)Nc1ccc(-c2cc(F)ccc2C#N)cc1)S(C)(=O)=O. The minimum absolute atomic E-state index is 0.190. The van der Waals surface area contributed by atoms with Crippen LogP contribution in [-0.4, -0.2) is 44.2 Å². The van der Waals surface area contributed by atoms with Crippen LogP contribution in [0, 0.1) is 17.1 Å². The van der Waals surface area contributed by atoms with Gasteiger partial charge in [0.25, 0.3) is 5.91 Å². The Morgan fingerprint density at radius 1 is 1.20 bits per heavy atom. The number of hydrogen-bond donors (Lipinski definition) is 2. The average molecular weight is 494 g/mol. The summed E-state index contributed by atoms with van der Waals surface area (Å²) in [7, 11) is -2.55. The smallest absolute Gasteiger partial charge is 0.258 e. The zero-order valence-corrected chi connectivity index (χ0v) is 20.0. The van der Waals surface area contributed by atoms with Crippen LogP contribution in [0.15, 0.2) is 71.8 Å². The summed E-state index contributed by atoms with van der Waals surface area (Å²) in [4.78, 5) is 13.1. The molecular formula is C25H24FN5O3S. The highest BCUT2D eigenvalue weighted by molar-refractivity contribution is 7.88. The number of benzene rings is 3. The Kier molecular flexibility index (Phi) is 7.83. The molecule has 0 heterocycles. The molecule has 0 saturated carbocycles. The van der Waals surface area contributed by atoms with Crippen LogP contribution in [0.5, 0.6) is 0 Å². The van der Waals surface area contributed by atoms with Crippen LogP contribution in [0.2, 0.25) is 0 Å². The number of nitrogens with zero attached hydrogens (tertiary/aromatic N) is 3. The minimum atomic E-state index is -3.76. The first-order valence-electron chi connectivity index (χ1n) is 10.5. The minimum Gasteiger partial charge on any atom is -0.373 e. The molecule has 35 heavy (non-hydrogen) atoms. The third-order valence-corrected chi connectivity index (χ3v) is 6.53. The zero-order chi connectivity index (χ0) is 25.6. The van der Waals surface area contributed by atoms with Crippen LogP contribution in [0.4, 0.5) is 10.1 Å². The number of rotatable bonds is 8. The molecule has 3 aromatic rings. The van der Waals surface area contributed by atoms with Gasteiger partial charge in [-0.2, -0.15) is 10.4 Å². The lowest BCUT2D eigenvalue weighted by Gasteiger charge is -2.24. The fraction of sp³-hybridized carbons (Fsp3) is 0.160. The molecule has 0 spiro atoms. The largest absolute Gasteiger partial charge is 0.373 e. The van der Waals surface area contributed by atoms with E-state index in [1.165, 1.54) is 31.5 Å². The topological polar surface area (TPSA) is 129 Å². The zero-order valence-electron chi connectivity index (χ0n) is 19.1. The number of nitrogens with one attached hydrogen (secondary N) is 1. The van der Waals surface area contributed by atoms with Crippen molar-refractivity contribution >= 4 is 27.8 Å². The number of anilines is 1. The Morgan fingerprint density at radius 2 is 1.91 bits per heavy atom. The van der Waals surface area contributed by atoms with E-state index in [1.807, 2.05) is 12.1 Å². The molecule has 3 N–H and O–H groups in total. The van der Waals surface area contributed by atoms with E-state index < -0.39 is 27.8 Å². The molecule has 0 bridgehead atoms. The van der Waals surface area contributed by atoms with E-state index in [1.54, 1.807) is 42.5 Å². The van der Waals surface area contributed by atoms with Crippen molar-refractivity contribution in [2.75, 3.05) is 18.6 Å². The molecule has 0 aliphatic carbocycles. The van der Waals surface area contributed by atoms with E-state index in [9.17, 15) is 22.9 Å². The molecule has 0 saturated heterocycles. The molecular weight excluding hydrogens is 469 g/mol. The Balaban J connectivity index is 1.91. The highest BCUT2D eigenvalue weighted by atomic mass is 32.2. The Hall–Kier alpha value is -4.23. The van der Waals surface area contributed by atoms with Crippen molar-refractivity contribution in [3.05, 3.63) is 89.2 Å². The molecule has 0 aliphatic rings. The van der Waals surface area contributed by atoms with Crippen LogP contribution in [0.3, 0.4) is 0 Å². The molecule has 3 rings (SSSR count). The van der Waals surface area contributed by atoms with Crippen LogP contribution >= 0.6 is 0 Å². The third-order valence-electron chi connectivity index (χ3n) is 5.36. The van der Waals surface area contributed by atoms with Crippen LogP contribution in [0.1, 0.15) is 16.7 Å². The van der Waals surface area contributed by atoms with Crippen LogP contribution in [0.25, 0.3) is 11.1 Å². The van der Waals surface area contributed by atoms with E-state index in [4.69, 9.17) is 5.84 Å². The summed E-state index contributed by atoms with van der Waals surface area (Å²) < 4.78 is 38.4. The van der Waals surface area contributed by atoms with Gasteiger partial charge in [0.1, 0.15) is 11.9 Å². The van der Waals surface area contributed by atoms with Gasteiger partial charge in [0, 0.05) is 24.7 Å². The average Bonchev–Trinajstić information content (AvgIpc) is 2.83. The van der Waals surface area contributed by atoms with Gasteiger partial charge in [0.15, 0.2) is 0 Å². The van der Waals surface area contributed by atoms with E-state index in [0.717, 1.165) is 17.4 Å². The fourth-order valence-corrected chi connectivity index (χ4v) is 3.96. The number of hydrogen-bond acceptors (Lipinski definition) is 7. The predicted molar refractivity (Wildman–Crippen MR) is 134 cm³/mol. The number of hydrazone groups is 1. The second-order valence-electron chi connectivity index (χ2n) is 7.87. The number of carbonyl (C=O) groups is 1. The number of nitrogens with two attached hydrogens (primary N) is 1. The van der Waals surface area contributed by atoms with Crippen LogP contribution < -0.4 is 11.2 Å². The van der Waals surface area contributed by atoms with Gasteiger partial charge in [-0.3, -0.25) is 4.79 Å². The van der Waals surface area contributed by atoms with Crippen LogP contribution in [-0.2, 0) is 21.2 Å². The first-order valence-corrected chi connectivity index (χ1v) is 12.3. The van der Waals surface area contributed by atoms with Gasteiger partial charge >= 0.3 is 0 Å². The molecule has 0 aliphatic heterocycles. The summed E-state index contributed by atoms with van der Waals surface area (Å²) >= 11 is 0. The van der Waals surface area contributed by atoms with Gasteiger partial charge in [-0.25, -0.2) is 17.1 Å². The second-order valence-corrected chi connectivity index (χ2v) is 9.89. The van der Waals surface area contributed by atoms with Gasteiger partial charge in [0.2, 0.25) is 10.0 Å². The van der Waals surface area contributed by atoms with Crippen molar-refractivity contribution in [1.29, 1.82) is 5.26 Å². The van der Waals surface area contributed by atoms with Gasteiger partial charge in [-0.05, 0) is 47.0 Å². The maximum absolute atomic E-state index is 13.7. The quantitative estimate of drug-likeness (QED) is 0.282. The summed E-state index contributed by atoms with van der Waals surface area (Å²) in [5.74, 6) is 4.13. The molecule has 1 amide bonds. The lowest BCUT2D eigenvalue weighted by atomic mass is 9.99. The standard InChI is InChI=1S/C25H24FN5O3S/c1-31(35(2,33)34)25(32)24(13-17-4-3-5-18(12-17)16-29-28)30-22-10-7-19(8-11-22)23-14-21(26)9-6-20(23)15-27/h3-12,14,16,24,30H,13,28H2,1-2H3/t24-/m0/s1. The highest BCUT2D eigenvalue weighted by Gasteiger charge is 2.27. The summed E-state index contributed by atoms with van der Waals surface area (Å²) in [5.41, 5.74) is 3.45. The second kappa shape index (κ2) is 10.8. The highest BCUT2D eigenvalue weighted by Crippen LogP contribution is 2.26. The summed E-state index contributed by atoms with van der Waals surface area (Å²) in [6.45, 7) is 0. The number of sulfonamides is 1. The molecule has 8 nitrogen and oxygen atoms in total. The van der Waals surface area contributed by atoms with E-state index in [-0.39, 0.29) is 6.42 Å². The molecule has 180 valence electrons. The first kappa shape index (κ1) is 25.4. The van der Waals surface area contributed by atoms with Gasteiger partial charge in [0.05, 0.1) is 24.1 Å². The van der Waals surface area contributed by atoms with Crippen molar-refractivity contribution in [3.8, 4) is 17.2 Å². The van der Waals surface area contributed by atoms with Crippen molar-refractivity contribution in [1.82, 2.24) is 4.31 Å². The number of nitriles is 1. The summed E-state index contributed by atoms with van der Waals surface area (Å²) in [6, 6.07) is 19.0. The molecule has 1 atom stereocenters. The fourth-order valence-electron chi connectivity index (χ4n) is 3.51. The van der Waals surface area contributed by atoms with Crippen molar-refractivity contribution in [2.24, 2.45) is 10.9 Å². The van der Waals surface area contributed by atoms with E-state index >= 15 is 0 Å². The van der Waals surface area contributed by atoms with Gasteiger partial charge in [-0.15, -0.1) is 0 Å². The monoisotopic (exact) mass is 493 g/mol. The lowest BCUT2D eigenvalue weighted by Crippen LogP contribution is -2.44. The molecule has 10 heteroatoms. The number of amides is 1. The first-order chi connectivity index (χ1) is 16.6. The Morgan fingerprint density at radius 3 is 2.54 bits per heavy atom. The molecule has 0 radical (unpaired) electrons. The number of carbonyl (C=O) groups excluding carboxylic acids is 1. The predicted octanol–water partition coefficient (Wildman–Crippen LogP) is 3.10. The number of halogens is 1. The third kappa shape index (κ3) is 6.43. The normalized spacial score (nSPS) is 12.2. The van der Waals surface area contributed by atoms with Crippen molar-refractivity contribution < 1.29 is 17.6 Å². The van der Waals surface area contributed by atoms with Crippen molar-refractivity contribution in [3.63, 3.8) is 0 Å². The van der Waals surface area contributed by atoms with Gasteiger partial charge in [-0.1, -0.05) is 36.4 Å². The lowest BCUT2D eigenvalue weighted by molar-refractivity contribution is -0.126. The Labute approximate surface area is 203 Å². The summed E-state index contributed by atoms with van der Waals surface area (Å²) in [5, 5.41) is 15.9. The number of likely N-dealkylation sites (N-methyl/N-ethyl adjacent to an activating group) is 1.